The van der Waals surface area contributed by atoms with Crippen LogP contribution < -0.4 is 5.32 Å². The number of nitrogens with one attached hydrogen (secondary N) is 1. The fourth-order valence-corrected chi connectivity index (χ4v) is 2.63. The van der Waals surface area contributed by atoms with Crippen LogP contribution in [0.25, 0.3) is 5.70 Å². The average molecular weight is 312 g/mol. The van der Waals surface area contributed by atoms with E-state index >= 15 is 0 Å². The van der Waals surface area contributed by atoms with Crippen molar-refractivity contribution < 1.29 is 9.90 Å². The number of carbonyl (C=O) groups is 1. The van der Waals surface area contributed by atoms with Crippen LogP contribution in [0.3, 0.4) is 0 Å². The highest BCUT2D eigenvalue weighted by atomic mass is 32.1. The lowest BCUT2D eigenvalue weighted by Crippen LogP contribution is -2.02. The number of hydrogen-bond donors (Lipinski definition) is 2. The fraction of sp³-hybridized carbons (Fsp3) is 0. The molecule has 0 saturated carbocycles. The molecule has 0 spiro atoms. The topological polar surface area (TPSA) is 80.0 Å². The van der Waals surface area contributed by atoms with E-state index in [-0.39, 0.29) is 0 Å². The van der Waals surface area contributed by atoms with Gasteiger partial charge in [0, 0.05) is 5.69 Å². The van der Waals surface area contributed by atoms with Gasteiger partial charge in [0.2, 0.25) is 0 Å². The van der Waals surface area contributed by atoms with E-state index in [1.54, 1.807) is 6.20 Å². The predicted molar refractivity (Wildman–Crippen MR) is 85.1 cm³/mol. The molecule has 1 aromatic carbocycles. The van der Waals surface area contributed by atoms with Crippen LogP contribution in [0.5, 0.6) is 0 Å². The second-order valence-electron chi connectivity index (χ2n) is 4.38. The Morgan fingerprint density at radius 2 is 2.05 bits per heavy atom. The van der Waals surface area contributed by atoms with Gasteiger partial charge in [-0.2, -0.15) is 0 Å². The van der Waals surface area contributed by atoms with Crippen LogP contribution in [-0.2, 0) is 4.79 Å². The van der Waals surface area contributed by atoms with Gasteiger partial charge in [-0.25, -0.2) is 9.48 Å². The van der Waals surface area contributed by atoms with Gasteiger partial charge in [0.15, 0.2) is 5.82 Å². The third-order valence-electron chi connectivity index (χ3n) is 2.82. The first-order chi connectivity index (χ1) is 10.7. The largest absolute Gasteiger partial charge is 0.478 e. The lowest BCUT2D eigenvalue weighted by Gasteiger charge is -2.03. The highest BCUT2D eigenvalue weighted by Gasteiger charge is 2.11. The van der Waals surface area contributed by atoms with Crippen molar-refractivity contribution in [3.8, 4) is 0 Å². The molecule has 0 saturated heterocycles. The molecule has 0 bridgehead atoms. The minimum Gasteiger partial charge on any atom is -0.478 e. The second kappa shape index (κ2) is 6.23. The summed E-state index contributed by atoms with van der Waals surface area (Å²) >= 11 is 1.44. The lowest BCUT2D eigenvalue weighted by atomic mass is 10.3. The second-order valence-corrected chi connectivity index (χ2v) is 5.33. The van der Waals surface area contributed by atoms with Gasteiger partial charge in [-0.05, 0) is 23.6 Å². The molecule has 0 atom stereocenters. The smallest absolute Gasteiger partial charge is 0.330 e. The zero-order valence-electron chi connectivity index (χ0n) is 11.4. The number of aromatic nitrogens is 3. The van der Waals surface area contributed by atoms with Crippen molar-refractivity contribution in [1.82, 2.24) is 15.0 Å². The number of aliphatic carboxylic acids is 1. The summed E-state index contributed by atoms with van der Waals surface area (Å²) in [7, 11) is 0. The van der Waals surface area contributed by atoms with Crippen molar-refractivity contribution in [3.63, 3.8) is 0 Å². The molecule has 0 aliphatic heterocycles. The standard InChI is InChI=1S/C15H12N4O2S/c20-15(21)9-12(13-7-4-8-22-13)19-10-14(17-18-19)16-11-5-2-1-3-6-11/h1-10,16H,(H,20,21). The molecule has 2 N–H and O–H groups in total. The third-order valence-corrected chi connectivity index (χ3v) is 3.71. The van der Waals surface area contributed by atoms with Crippen molar-refractivity contribution in [2.45, 2.75) is 0 Å². The van der Waals surface area contributed by atoms with Gasteiger partial charge in [-0.3, -0.25) is 0 Å². The summed E-state index contributed by atoms with van der Waals surface area (Å²) in [5, 5.41) is 22.1. The Hall–Kier alpha value is -2.93. The van der Waals surface area contributed by atoms with E-state index in [0.29, 0.717) is 11.5 Å². The summed E-state index contributed by atoms with van der Waals surface area (Å²) in [6.07, 6.45) is 2.77. The number of para-hydroxylation sites is 1. The van der Waals surface area contributed by atoms with Crippen molar-refractivity contribution in [2.24, 2.45) is 0 Å². The molecule has 2 aromatic heterocycles. The maximum absolute atomic E-state index is 11.0. The Balaban J connectivity index is 1.89. The van der Waals surface area contributed by atoms with Crippen LogP contribution >= 0.6 is 11.3 Å². The number of rotatable bonds is 5. The fourth-order valence-electron chi connectivity index (χ4n) is 1.90. The van der Waals surface area contributed by atoms with Crippen molar-refractivity contribution >= 4 is 34.5 Å². The van der Waals surface area contributed by atoms with Crippen LogP contribution in [0.15, 0.2) is 60.1 Å². The first-order valence-corrected chi connectivity index (χ1v) is 7.33. The molecule has 0 fully saturated rings. The summed E-state index contributed by atoms with van der Waals surface area (Å²) in [6, 6.07) is 13.3. The van der Waals surface area contributed by atoms with E-state index in [2.05, 4.69) is 15.6 Å². The minimum absolute atomic E-state index is 0.469. The molecule has 0 unspecified atom stereocenters. The van der Waals surface area contributed by atoms with E-state index in [0.717, 1.165) is 16.6 Å². The monoisotopic (exact) mass is 312 g/mol. The summed E-state index contributed by atoms with van der Waals surface area (Å²) in [5.74, 6) is -0.490. The highest BCUT2D eigenvalue weighted by molar-refractivity contribution is 7.11. The van der Waals surface area contributed by atoms with E-state index in [4.69, 9.17) is 5.11 Å². The van der Waals surface area contributed by atoms with E-state index < -0.39 is 5.97 Å². The van der Waals surface area contributed by atoms with Gasteiger partial charge in [-0.15, -0.1) is 16.4 Å². The number of benzene rings is 1. The van der Waals surface area contributed by atoms with Crippen LogP contribution in [0.1, 0.15) is 4.88 Å². The Bertz CT molecular complexity index is 794. The number of hydrogen-bond acceptors (Lipinski definition) is 5. The normalized spacial score (nSPS) is 11.4. The average Bonchev–Trinajstić information content (AvgIpc) is 3.17. The SMILES string of the molecule is O=C(O)C=C(c1cccs1)n1cc(Nc2ccccc2)nn1. The van der Waals surface area contributed by atoms with Crippen molar-refractivity contribution in [3.05, 3.63) is 65.0 Å². The Morgan fingerprint density at radius 3 is 2.73 bits per heavy atom. The Kier molecular flexibility index (Phi) is 3.97. The first kappa shape index (κ1) is 14.0. The van der Waals surface area contributed by atoms with E-state index in [9.17, 15) is 4.79 Å². The van der Waals surface area contributed by atoms with Crippen LogP contribution in [0, 0.1) is 0 Å². The predicted octanol–water partition coefficient (Wildman–Crippen LogP) is 3.06. The molecule has 22 heavy (non-hydrogen) atoms. The van der Waals surface area contributed by atoms with Gasteiger partial charge >= 0.3 is 5.97 Å². The summed E-state index contributed by atoms with van der Waals surface area (Å²) in [4.78, 5) is 11.8. The zero-order chi connectivity index (χ0) is 15.4. The van der Waals surface area contributed by atoms with E-state index in [1.807, 2.05) is 47.8 Å². The van der Waals surface area contributed by atoms with Gasteiger partial charge in [0.25, 0.3) is 0 Å². The highest BCUT2D eigenvalue weighted by Crippen LogP contribution is 2.23. The number of carboxylic acid groups (broad SMARTS) is 1. The first-order valence-electron chi connectivity index (χ1n) is 6.46. The van der Waals surface area contributed by atoms with Gasteiger partial charge in [0.1, 0.15) is 0 Å². The number of nitrogens with zero attached hydrogens (tertiary/aromatic N) is 3. The third kappa shape index (κ3) is 3.21. The summed E-state index contributed by atoms with van der Waals surface area (Å²) in [6.45, 7) is 0. The van der Waals surface area contributed by atoms with Gasteiger partial charge in [0.05, 0.1) is 22.8 Å². The number of anilines is 2. The van der Waals surface area contributed by atoms with Crippen molar-refractivity contribution in [1.29, 1.82) is 0 Å². The molecular weight excluding hydrogens is 300 g/mol. The quantitative estimate of drug-likeness (QED) is 0.708. The number of carboxylic acids is 1. The molecule has 3 aromatic rings. The Morgan fingerprint density at radius 1 is 1.23 bits per heavy atom. The molecule has 3 rings (SSSR count). The lowest BCUT2D eigenvalue weighted by molar-refractivity contribution is -0.131. The molecule has 110 valence electrons. The van der Waals surface area contributed by atoms with E-state index in [1.165, 1.54) is 16.0 Å². The molecule has 6 nitrogen and oxygen atoms in total. The van der Waals surface area contributed by atoms with Crippen LogP contribution in [-0.4, -0.2) is 26.1 Å². The number of thiophene rings is 1. The molecular formula is C15H12N4O2S. The van der Waals surface area contributed by atoms with Gasteiger partial charge < -0.3 is 10.4 Å². The van der Waals surface area contributed by atoms with Crippen molar-refractivity contribution in [2.75, 3.05) is 5.32 Å². The van der Waals surface area contributed by atoms with Gasteiger partial charge in [-0.1, -0.05) is 29.5 Å². The molecule has 2 heterocycles. The minimum atomic E-state index is -1.03. The maximum atomic E-state index is 11.0. The molecule has 0 radical (unpaired) electrons. The summed E-state index contributed by atoms with van der Waals surface area (Å²) < 4.78 is 1.45. The zero-order valence-corrected chi connectivity index (χ0v) is 12.2. The molecule has 0 aliphatic rings. The van der Waals surface area contributed by atoms with Crippen LogP contribution in [0.4, 0.5) is 11.5 Å². The molecule has 7 heteroatoms. The van der Waals surface area contributed by atoms with Crippen LogP contribution in [0.2, 0.25) is 0 Å². The maximum Gasteiger partial charge on any atom is 0.330 e. The Labute approximate surface area is 130 Å². The summed E-state index contributed by atoms with van der Waals surface area (Å²) in [5.41, 5.74) is 1.35. The molecule has 0 aliphatic carbocycles. The molecule has 0 amide bonds.